The number of aromatic nitrogens is 1. The van der Waals surface area contributed by atoms with Crippen LogP contribution in [0.5, 0.6) is 0 Å². The maximum Gasteiger partial charge on any atom is 0.289 e. The van der Waals surface area contributed by atoms with Crippen molar-refractivity contribution in [3.05, 3.63) is 58.4 Å². The van der Waals surface area contributed by atoms with Crippen LogP contribution in [0, 0.1) is 5.92 Å². The molecule has 0 unspecified atom stereocenters. The standard InChI is InChI=1S/C18H21N3O4/c19-16(22)11-13-6-9-20(10-7-13)18(24)15-5-4-14(25-15)12-21-8-2-1-3-17(21)23/h1-5,8,13H,6-7,9-12H2,(H2,19,22). The number of amides is 2. The average Bonchev–Trinajstić information content (AvgIpc) is 3.05. The lowest BCUT2D eigenvalue weighted by molar-refractivity contribution is -0.119. The fourth-order valence-electron chi connectivity index (χ4n) is 3.12. The highest BCUT2D eigenvalue weighted by atomic mass is 16.4. The lowest BCUT2D eigenvalue weighted by Gasteiger charge is -2.30. The van der Waals surface area contributed by atoms with Gasteiger partial charge in [-0.1, -0.05) is 6.07 Å². The summed E-state index contributed by atoms with van der Waals surface area (Å²) in [7, 11) is 0. The van der Waals surface area contributed by atoms with Crippen molar-refractivity contribution in [2.75, 3.05) is 13.1 Å². The third-order valence-corrected chi connectivity index (χ3v) is 4.49. The molecule has 1 aliphatic rings. The third kappa shape index (κ3) is 4.17. The molecule has 25 heavy (non-hydrogen) atoms. The summed E-state index contributed by atoms with van der Waals surface area (Å²) in [5.74, 6) is 0.618. The van der Waals surface area contributed by atoms with E-state index in [1.165, 1.54) is 10.6 Å². The Morgan fingerprint density at radius 2 is 1.92 bits per heavy atom. The van der Waals surface area contributed by atoms with Crippen molar-refractivity contribution < 1.29 is 14.0 Å². The quantitative estimate of drug-likeness (QED) is 0.882. The second kappa shape index (κ2) is 7.38. The molecule has 2 aromatic rings. The topological polar surface area (TPSA) is 98.5 Å². The van der Waals surface area contributed by atoms with E-state index in [0.717, 1.165) is 12.8 Å². The molecule has 0 atom stereocenters. The number of primary amides is 1. The molecule has 2 aromatic heterocycles. The molecule has 0 aliphatic carbocycles. The van der Waals surface area contributed by atoms with Crippen LogP contribution < -0.4 is 11.3 Å². The van der Waals surface area contributed by atoms with Crippen molar-refractivity contribution in [1.82, 2.24) is 9.47 Å². The fourth-order valence-corrected chi connectivity index (χ4v) is 3.12. The molecule has 0 radical (unpaired) electrons. The van der Waals surface area contributed by atoms with Gasteiger partial charge in [0.2, 0.25) is 5.91 Å². The van der Waals surface area contributed by atoms with Gasteiger partial charge >= 0.3 is 0 Å². The maximum atomic E-state index is 12.5. The van der Waals surface area contributed by atoms with Crippen molar-refractivity contribution in [3.63, 3.8) is 0 Å². The Morgan fingerprint density at radius 1 is 1.16 bits per heavy atom. The first kappa shape index (κ1) is 17.0. The Morgan fingerprint density at radius 3 is 2.60 bits per heavy atom. The molecule has 2 N–H and O–H groups in total. The third-order valence-electron chi connectivity index (χ3n) is 4.49. The SMILES string of the molecule is NC(=O)CC1CCN(C(=O)c2ccc(Cn3ccccc3=O)o2)CC1. The molecule has 7 heteroatoms. The number of furan rings is 1. The molecule has 0 spiro atoms. The summed E-state index contributed by atoms with van der Waals surface area (Å²) < 4.78 is 7.14. The van der Waals surface area contributed by atoms with Crippen LogP contribution in [0.4, 0.5) is 0 Å². The van der Waals surface area contributed by atoms with E-state index in [1.807, 2.05) is 0 Å². The predicted octanol–water partition coefficient (Wildman–Crippen LogP) is 1.22. The zero-order valence-corrected chi connectivity index (χ0v) is 13.9. The minimum Gasteiger partial charge on any atom is -0.454 e. The van der Waals surface area contributed by atoms with Gasteiger partial charge in [-0.25, -0.2) is 0 Å². The number of likely N-dealkylation sites (tertiary alicyclic amines) is 1. The van der Waals surface area contributed by atoms with Crippen LogP contribution in [0.1, 0.15) is 35.6 Å². The number of nitrogens with zero attached hydrogens (tertiary/aromatic N) is 2. The minimum absolute atomic E-state index is 0.122. The summed E-state index contributed by atoms with van der Waals surface area (Å²) >= 11 is 0. The first-order valence-electron chi connectivity index (χ1n) is 8.34. The maximum absolute atomic E-state index is 12.5. The second-order valence-corrected chi connectivity index (χ2v) is 6.34. The predicted molar refractivity (Wildman–Crippen MR) is 91.0 cm³/mol. The van der Waals surface area contributed by atoms with Crippen LogP contribution in [0.15, 0.2) is 45.7 Å². The number of carbonyl (C=O) groups excluding carboxylic acids is 2. The average molecular weight is 343 g/mol. The number of rotatable bonds is 5. The van der Waals surface area contributed by atoms with Gasteiger partial charge in [0.05, 0.1) is 6.54 Å². The Kier molecular flexibility index (Phi) is 5.02. The number of pyridine rings is 1. The summed E-state index contributed by atoms with van der Waals surface area (Å²) in [4.78, 5) is 37.0. The molecular weight excluding hydrogens is 322 g/mol. The molecule has 1 fully saturated rings. The van der Waals surface area contributed by atoms with Gasteiger partial charge < -0.3 is 19.6 Å². The van der Waals surface area contributed by atoms with Crippen LogP contribution in [0.3, 0.4) is 0 Å². The van der Waals surface area contributed by atoms with E-state index in [9.17, 15) is 14.4 Å². The molecule has 3 heterocycles. The molecule has 1 aliphatic heterocycles. The van der Waals surface area contributed by atoms with E-state index < -0.39 is 0 Å². The lowest BCUT2D eigenvalue weighted by atomic mass is 9.93. The van der Waals surface area contributed by atoms with Gasteiger partial charge in [-0.3, -0.25) is 14.4 Å². The smallest absolute Gasteiger partial charge is 0.289 e. The van der Waals surface area contributed by atoms with Gasteiger partial charge in [0.15, 0.2) is 5.76 Å². The Bertz CT molecular complexity index is 815. The van der Waals surface area contributed by atoms with Gasteiger partial charge in [-0.15, -0.1) is 0 Å². The lowest BCUT2D eigenvalue weighted by Crippen LogP contribution is -2.39. The van der Waals surface area contributed by atoms with E-state index in [4.69, 9.17) is 10.2 Å². The minimum atomic E-state index is -0.295. The van der Waals surface area contributed by atoms with Crippen LogP contribution >= 0.6 is 0 Å². The molecule has 1 saturated heterocycles. The largest absolute Gasteiger partial charge is 0.454 e. The summed E-state index contributed by atoms with van der Waals surface area (Å²) in [6.45, 7) is 1.46. The number of hydrogen-bond donors (Lipinski definition) is 1. The van der Waals surface area contributed by atoms with E-state index in [2.05, 4.69) is 0 Å². The Balaban J connectivity index is 1.61. The summed E-state index contributed by atoms with van der Waals surface area (Å²) in [6.07, 6.45) is 3.58. The molecule has 132 valence electrons. The van der Waals surface area contributed by atoms with E-state index in [-0.39, 0.29) is 35.6 Å². The molecule has 3 rings (SSSR count). The Labute approximate surface area is 145 Å². The van der Waals surface area contributed by atoms with Gasteiger partial charge in [0.1, 0.15) is 5.76 Å². The summed E-state index contributed by atoms with van der Waals surface area (Å²) in [5, 5.41) is 0. The van der Waals surface area contributed by atoms with Crippen molar-refractivity contribution in [1.29, 1.82) is 0 Å². The molecular formula is C18H21N3O4. The molecule has 0 saturated carbocycles. The van der Waals surface area contributed by atoms with Crippen LogP contribution in [-0.2, 0) is 11.3 Å². The van der Waals surface area contributed by atoms with Crippen LogP contribution in [0.25, 0.3) is 0 Å². The van der Waals surface area contributed by atoms with Gasteiger partial charge in [-0.05, 0) is 37.0 Å². The van der Waals surface area contributed by atoms with Gasteiger partial charge in [-0.2, -0.15) is 0 Å². The zero-order valence-electron chi connectivity index (χ0n) is 13.9. The van der Waals surface area contributed by atoms with E-state index >= 15 is 0 Å². The zero-order chi connectivity index (χ0) is 17.8. The van der Waals surface area contributed by atoms with Gasteiger partial charge in [0, 0.05) is 31.8 Å². The van der Waals surface area contributed by atoms with Crippen LogP contribution in [0.2, 0.25) is 0 Å². The van der Waals surface area contributed by atoms with E-state index in [1.54, 1.807) is 35.4 Å². The molecule has 0 aromatic carbocycles. The van der Waals surface area contributed by atoms with Crippen molar-refractivity contribution >= 4 is 11.8 Å². The fraction of sp³-hybridized carbons (Fsp3) is 0.389. The number of nitrogens with two attached hydrogens (primary N) is 1. The molecule has 2 amide bonds. The first-order valence-corrected chi connectivity index (χ1v) is 8.34. The first-order chi connectivity index (χ1) is 12.0. The van der Waals surface area contributed by atoms with Gasteiger partial charge in [0.25, 0.3) is 11.5 Å². The Hall–Kier alpha value is -2.83. The highest BCUT2D eigenvalue weighted by Gasteiger charge is 2.26. The highest BCUT2D eigenvalue weighted by molar-refractivity contribution is 5.91. The number of piperidine rings is 1. The van der Waals surface area contributed by atoms with E-state index in [0.29, 0.717) is 25.3 Å². The normalized spacial score (nSPS) is 15.3. The monoisotopic (exact) mass is 343 g/mol. The highest BCUT2D eigenvalue weighted by Crippen LogP contribution is 2.22. The number of hydrogen-bond acceptors (Lipinski definition) is 4. The second-order valence-electron chi connectivity index (χ2n) is 6.34. The molecule has 0 bridgehead atoms. The van der Waals surface area contributed by atoms with Crippen molar-refractivity contribution in [2.24, 2.45) is 11.7 Å². The van der Waals surface area contributed by atoms with Crippen molar-refractivity contribution in [2.45, 2.75) is 25.8 Å². The van der Waals surface area contributed by atoms with Crippen molar-refractivity contribution in [3.8, 4) is 0 Å². The number of carbonyl (C=O) groups is 2. The molecule has 7 nitrogen and oxygen atoms in total. The summed E-state index contributed by atoms with van der Waals surface area (Å²) in [5.41, 5.74) is 5.10. The van der Waals surface area contributed by atoms with Crippen LogP contribution in [-0.4, -0.2) is 34.4 Å². The summed E-state index contributed by atoms with van der Waals surface area (Å²) in [6, 6.07) is 8.28.